The second kappa shape index (κ2) is 5.65. The fourth-order valence-corrected chi connectivity index (χ4v) is 1.85. The zero-order valence-electron chi connectivity index (χ0n) is 11.0. The van der Waals surface area contributed by atoms with Gasteiger partial charge in [0.05, 0.1) is 0 Å². The van der Waals surface area contributed by atoms with Gasteiger partial charge in [-0.15, -0.1) is 0 Å². The molecule has 0 aliphatic carbocycles. The average Bonchev–Trinajstić information content (AvgIpc) is 2.80. The number of aryl methyl sites for hydroxylation is 2. The Morgan fingerprint density at radius 2 is 2.21 bits per heavy atom. The van der Waals surface area contributed by atoms with E-state index in [2.05, 4.69) is 22.4 Å². The third-order valence-electron chi connectivity index (χ3n) is 2.84. The number of anilines is 1. The lowest BCUT2D eigenvalue weighted by atomic mass is 10.1. The molecule has 19 heavy (non-hydrogen) atoms. The SMILES string of the molecule is CCCc1cc(NC(=O)c2cc(F)ccc2C)n[nH]1. The molecule has 0 radical (unpaired) electrons. The number of carbonyl (C=O) groups excluding carboxylic acids is 1. The van der Waals surface area contributed by atoms with Crippen molar-refractivity contribution in [1.82, 2.24) is 10.2 Å². The largest absolute Gasteiger partial charge is 0.305 e. The molecule has 0 spiro atoms. The molecule has 0 aliphatic heterocycles. The van der Waals surface area contributed by atoms with Gasteiger partial charge in [0.25, 0.3) is 5.91 Å². The molecule has 0 atom stereocenters. The van der Waals surface area contributed by atoms with E-state index in [1.165, 1.54) is 12.1 Å². The Balaban J connectivity index is 2.13. The summed E-state index contributed by atoms with van der Waals surface area (Å²) in [6.45, 7) is 3.83. The van der Waals surface area contributed by atoms with Crippen molar-refractivity contribution in [2.24, 2.45) is 0 Å². The van der Waals surface area contributed by atoms with Crippen molar-refractivity contribution in [1.29, 1.82) is 0 Å². The first-order valence-corrected chi connectivity index (χ1v) is 6.22. The van der Waals surface area contributed by atoms with Gasteiger partial charge in [-0.1, -0.05) is 19.4 Å². The maximum Gasteiger partial charge on any atom is 0.257 e. The van der Waals surface area contributed by atoms with Crippen LogP contribution in [0.1, 0.15) is 35.0 Å². The van der Waals surface area contributed by atoms with E-state index >= 15 is 0 Å². The van der Waals surface area contributed by atoms with Gasteiger partial charge in [0.1, 0.15) is 5.82 Å². The lowest BCUT2D eigenvalue weighted by Gasteiger charge is -2.05. The van der Waals surface area contributed by atoms with E-state index in [-0.39, 0.29) is 5.91 Å². The number of carbonyl (C=O) groups is 1. The van der Waals surface area contributed by atoms with Crippen LogP contribution in [0.3, 0.4) is 0 Å². The third-order valence-corrected chi connectivity index (χ3v) is 2.84. The van der Waals surface area contributed by atoms with Gasteiger partial charge in [-0.3, -0.25) is 9.89 Å². The number of hydrogen-bond acceptors (Lipinski definition) is 2. The highest BCUT2D eigenvalue weighted by atomic mass is 19.1. The Hall–Kier alpha value is -2.17. The number of hydrogen-bond donors (Lipinski definition) is 2. The van der Waals surface area contributed by atoms with Crippen LogP contribution in [-0.2, 0) is 6.42 Å². The summed E-state index contributed by atoms with van der Waals surface area (Å²) in [5.41, 5.74) is 2.01. The zero-order chi connectivity index (χ0) is 13.8. The standard InChI is InChI=1S/C14H16FN3O/c1-3-4-11-8-13(18-17-11)16-14(19)12-7-10(15)6-5-9(12)2/h5-8H,3-4H2,1-2H3,(H2,16,17,18,19). The number of aromatic nitrogens is 2. The van der Waals surface area contributed by atoms with E-state index in [4.69, 9.17) is 0 Å². The van der Waals surface area contributed by atoms with E-state index < -0.39 is 5.82 Å². The summed E-state index contributed by atoms with van der Waals surface area (Å²) >= 11 is 0. The molecule has 1 heterocycles. The van der Waals surface area contributed by atoms with Crippen molar-refractivity contribution in [3.05, 3.63) is 46.9 Å². The highest BCUT2D eigenvalue weighted by molar-refractivity contribution is 6.04. The van der Waals surface area contributed by atoms with Crippen LogP contribution < -0.4 is 5.32 Å². The molecule has 2 N–H and O–H groups in total. The molecule has 4 nitrogen and oxygen atoms in total. The van der Waals surface area contributed by atoms with Crippen LogP contribution >= 0.6 is 0 Å². The summed E-state index contributed by atoms with van der Waals surface area (Å²) in [4.78, 5) is 12.0. The molecule has 0 aliphatic rings. The number of nitrogens with one attached hydrogen (secondary N) is 2. The monoisotopic (exact) mass is 261 g/mol. The number of benzene rings is 1. The molecule has 0 saturated carbocycles. The molecule has 1 amide bonds. The first kappa shape index (κ1) is 13.3. The van der Waals surface area contributed by atoms with Crippen LogP contribution in [0.4, 0.5) is 10.2 Å². The Morgan fingerprint density at radius 3 is 2.95 bits per heavy atom. The van der Waals surface area contributed by atoms with Gasteiger partial charge >= 0.3 is 0 Å². The van der Waals surface area contributed by atoms with Crippen molar-refractivity contribution >= 4 is 11.7 Å². The molecule has 5 heteroatoms. The highest BCUT2D eigenvalue weighted by Gasteiger charge is 2.12. The number of H-pyrrole nitrogens is 1. The Morgan fingerprint density at radius 1 is 1.42 bits per heavy atom. The first-order valence-electron chi connectivity index (χ1n) is 6.22. The fraction of sp³-hybridized carbons (Fsp3) is 0.286. The van der Waals surface area contributed by atoms with Crippen LogP contribution in [0.15, 0.2) is 24.3 Å². The van der Waals surface area contributed by atoms with Crippen molar-refractivity contribution in [2.75, 3.05) is 5.32 Å². The summed E-state index contributed by atoms with van der Waals surface area (Å²) in [6, 6.07) is 5.93. The maximum atomic E-state index is 13.1. The van der Waals surface area contributed by atoms with E-state index in [0.717, 1.165) is 24.1 Å². The third kappa shape index (κ3) is 3.19. The predicted molar refractivity (Wildman–Crippen MR) is 71.7 cm³/mol. The van der Waals surface area contributed by atoms with Crippen molar-refractivity contribution in [3.8, 4) is 0 Å². The summed E-state index contributed by atoms with van der Waals surface area (Å²) in [6.07, 6.45) is 1.88. The minimum absolute atomic E-state index is 0.319. The van der Waals surface area contributed by atoms with Gasteiger partial charge in [0, 0.05) is 17.3 Å². The van der Waals surface area contributed by atoms with Crippen LogP contribution in [0.25, 0.3) is 0 Å². The zero-order valence-corrected chi connectivity index (χ0v) is 11.0. The van der Waals surface area contributed by atoms with Crippen LogP contribution in [0.5, 0.6) is 0 Å². The molecule has 0 fully saturated rings. The Kier molecular flexibility index (Phi) is 3.94. The second-order valence-electron chi connectivity index (χ2n) is 4.44. The lowest BCUT2D eigenvalue weighted by Crippen LogP contribution is -2.14. The van der Waals surface area contributed by atoms with E-state index in [9.17, 15) is 9.18 Å². The van der Waals surface area contributed by atoms with Gasteiger partial charge in [-0.05, 0) is 31.0 Å². The van der Waals surface area contributed by atoms with Crippen molar-refractivity contribution in [2.45, 2.75) is 26.7 Å². The molecular formula is C14H16FN3O. The second-order valence-corrected chi connectivity index (χ2v) is 4.44. The van der Waals surface area contributed by atoms with E-state index in [1.54, 1.807) is 19.1 Å². The maximum absolute atomic E-state index is 13.1. The molecule has 100 valence electrons. The summed E-state index contributed by atoms with van der Waals surface area (Å²) in [5, 5.41) is 9.51. The first-order chi connectivity index (χ1) is 9.10. The number of rotatable bonds is 4. The Bertz CT molecular complexity index is 592. The van der Waals surface area contributed by atoms with E-state index in [1.807, 2.05) is 0 Å². The molecule has 0 bridgehead atoms. The van der Waals surface area contributed by atoms with Gasteiger partial charge in [0.2, 0.25) is 0 Å². The summed E-state index contributed by atoms with van der Waals surface area (Å²) < 4.78 is 13.1. The summed E-state index contributed by atoms with van der Waals surface area (Å²) in [5.74, 6) is -0.326. The van der Waals surface area contributed by atoms with Crippen LogP contribution in [0.2, 0.25) is 0 Å². The fourth-order valence-electron chi connectivity index (χ4n) is 1.85. The molecular weight excluding hydrogens is 245 g/mol. The molecule has 0 unspecified atom stereocenters. The molecule has 2 rings (SSSR count). The van der Waals surface area contributed by atoms with Gasteiger partial charge in [-0.25, -0.2) is 4.39 Å². The molecule has 2 aromatic rings. The number of halogens is 1. The minimum Gasteiger partial charge on any atom is -0.305 e. The minimum atomic E-state index is -0.426. The number of aromatic amines is 1. The topological polar surface area (TPSA) is 57.8 Å². The van der Waals surface area contributed by atoms with Gasteiger partial charge in [0.15, 0.2) is 5.82 Å². The highest BCUT2D eigenvalue weighted by Crippen LogP contribution is 2.13. The number of nitrogens with zero attached hydrogens (tertiary/aromatic N) is 1. The number of amides is 1. The van der Waals surface area contributed by atoms with E-state index in [0.29, 0.717) is 11.4 Å². The van der Waals surface area contributed by atoms with Crippen molar-refractivity contribution < 1.29 is 9.18 Å². The normalized spacial score (nSPS) is 10.5. The average molecular weight is 261 g/mol. The van der Waals surface area contributed by atoms with Gasteiger partial charge < -0.3 is 5.32 Å². The molecule has 0 saturated heterocycles. The van der Waals surface area contributed by atoms with Crippen molar-refractivity contribution in [3.63, 3.8) is 0 Å². The smallest absolute Gasteiger partial charge is 0.257 e. The quantitative estimate of drug-likeness (QED) is 0.888. The predicted octanol–water partition coefficient (Wildman–Crippen LogP) is 3.06. The lowest BCUT2D eigenvalue weighted by molar-refractivity contribution is 0.102. The van der Waals surface area contributed by atoms with Crippen LogP contribution in [-0.4, -0.2) is 16.1 Å². The molecule has 1 aromatic carbocycles. The van der Waals surface area contributed by atoms with Crippen LogP contribution in [0, 0.1) is 12.7 Å². The Labute approximate surface area is 111 Å². The molecule has 1 aromatic heterocycles. The van der Waals surface area contributed by atoms with Gasteiger partial charge in [-0.2, -0.15) is 5.10 Å². The summed E-state index contributed by atoms with van der Waals surface area (Å²) in [7, 11) is 0.